The molecule has 1 saturated heterocycles. The zero-order valence-electron chi connectivity index (χ0n) is 13.7. The highest BCUT2D eigenvalue weighted by molar-refractivity contribution is 5.75. The Kier molecular flexibility index (Phi) is 5.61. The average molecular weight is 328 g/mol. The van der Waals surface area contributed by atoms with E-state index in [1.165, 1.54) is 5.56 Å². The Morgan fingerprint density at radius 3 is 2.88 bits per heavy atom. The standard InChI is InChI=1S/C18H24N4O2/c23-17-11-16(21(14-17)13-15-5-2-1-3-6-15)12-19-18(24)7-10-22-9-4-8-20-22/h1-6,8-9,16-17,23H,7,10-14H2,(H,19,24). The minimum atomic E-state index is -0.320. The second-order valence-electron chi connectivity index (χ2n) is 6.28. The quantitative estimate of drug-likeness (QED) is 0.796. The number of nitrogens with zero attached hydrogens (tertiary/aromatic N) is 3. The molecule has 0 bridgehead atoms. The van der Waals surface area contributed by atoms with Crippen LogP contribution < -0.4 is 5.32 Å². The Hall–Kier alpha value is -2.18. The maximum Gasteiger partial charge on any atom is 0.221 e. The summed E-state index contributed by atoms with van der Waals surface area (Å²) in [5, 5.41) is 17.1. The third-order valence-electron chi connectivity index (χ3n) is 4.40. The lowest BCUT2D eigenvalue weighted by Crippen LogP contribution is -2.40. The van der Waals surface area contributed by atoms with E-state index in [1.54, 1.807) is 10.9 Å². The van der Waals surface area contributed by atoms with Crippen LogP contribution in [0.5, 0.6) is 0 Å². The van der Waals surface area contributed by atoms with E-state index < -0.39 is 0 Å². The van der Waals surface area contributed by atoms with Gasteiger partial charge in [0.1, 0.15) is 0 Å². The number of likely N-dealkylation sites (tertiary alicyclic amines) is 1. The number of hydrogen-bond donors (Lipinski definition) is 2. The van der Waals surface area contributed by atoms with Crippen LogP contribution in [-0.4, -0.2) is 50.9 Å². The van der Waals surface area contributed by atoms with Crippen molar-refractivity contribution in [1.82, 2.24) is 20.0 Å². The Labute approximate surface area is 142 Å². The number of β-amino-alcohol motifs (C(OH)–C–C–N with tert-alkyl or cyclic N) is 1. The molecule has 1 aliphatic rings. The molecule has 2 aromatic rings. The van der Waals surface area contributed by atoms with E-state index >= 15 is 0 Å². The lowest BCUT2D eigenvalue weighted by Gasteiger charge is -2.24. The van der Waals surface area contributed by atoms with Gasteiger partial charge < -0.3 is 10.4 Å². The van der Waals surface area contributed by atoms with Gasteiger partial charge in [0.05, 0.1) is 6.10 Å². The van der Waals surface area contributed by atoms with Crippen molar-refractivity contribution in [3.63, 3.8) is 0 Å². The molecule has 1 aromatic heterocycles. The molecule has 0 radical (unpaired) electrons. The van der Waals surface area contributed by atoms with E-state index in [2.05, 4.69) is 27.4 Å². The normalized spacial score (nSPS) is 21.0. The van der Waals surface area contributed by atoms with Crippen LogP contribution in [0.2, 0.25) is 0 Å². The Bertz CT molecular complexity index is 630. The van der Waals surface area contributed by atoms with E-state index in [0.717, 1.165) is 6.54 Å². The number of carbonyl (C=O) groups excluding carboxylic acids is 1. The van der Waals surface area contributed by atoms with Gasteiger partial charge in [-0.25, -0.2) is 0 Å². The van der Waals surface area contributed by atoms with Gasteiger partial charge in [-0.3, -0.25) is 14.4 Å². The minimum Gasteiger partial charge on any atom is -0.392 e. The number of amides is 1. The molecule has 3 rings (SSSR count). The summed E-state index contributed by atoms with van der Waals surface area (Å²) in [6.07, 6.45) is 4.35. The molecule has 0 spiro atoms. The van der Waals surface area contributed by atoms with Crippen LogP contribution in [0.3, 0.4) is 0 Å². The van der Waals surface area contributed by atoms with Crippen LogP contribution in [0.15, 0.2) is 48.8 Å². The summed E-state index contributed by atoms with van der Waals surface area (Å²) in [6.45, 7) is 2.61. The number of aromatic nitrogens is 2. The second-order valence-corrected chi connectivity index (χ2v) is 6.28. The van der Waals surface area contributed by atoms with Crippen LogP contribution in [0, 0.1) is 0 Å². The molecule has 1 aromatic carbocycles. The van der Waals surface area contributed by atoms with Crippen LogP contribution in [-0.2, 0) is 17.9 Å². The third-order valence-corrected chi connectivity index (χ3v) is 4.40. The van der Waals surface area contributed by atoms with Gasteiger partial charge in [-0.1, -0.05) is 30.3 Å². The monoisotopic (exact) mass is 328 g/mol. The molecule has 24 heavy (non-hydrogen) atoms. The number of aryl methyl sites for hydroxylation is 1. The molecule has 1 amide bonds. The summed E-state index contributed by atoms with van der Waals surface area (Å²) < 4.78 is 1.75. The van der Waals surface area contributed by atoms with E-state index in [9.17, 15) is 9.90 Å². The molecular weight excluding hydrogens is 304 g/mol. The molecule has 2 heterocycles. The molecule has 0 aliphatic carbocycles. The van der Waals surface area contributed by atoms with Crippen molar-refractivity contribution in [2.24, 2.45) is 0 Å². The minimum absolute atomic E-state index is 0.0200. The third kappa shape index (κ3) is 4.66. The summed E-state index contributed by atoms with van der Waals surface area (Å²) in [5.41, 5.74) is 1.22. The summed E-state index contributed by atoms with van der Waals surface area (Å²) >= 11 is 0. The Morgan fingerprint density at radius 2 is 2.12 bits per heavy atom. The maximum atomic E-state index is 12.0. The highest BCUT2D eigenvalue weighted by atomic mass is 16.3. The predicted molar refractivity (Wildman–Crippen MR) is 91.1 cm³/mol. The Balaban J connectivity index is 1.46. The smallest absolute Gasteiger partial charge is 0.221 e. The largest absolute Gasteiger partial charge is 0.392 e. The van der Waals surface area contributed by atoms with Crippen molar-refractivity contribution in [2.75, 3.05) is 13.1 Å². The first-order valence-corrected chi connectivity index (χ1v) is 8.41. The maximum absolute atomic E-state index is 12.0. The van der Waals surface area contributed by atoms with Crippen molar-refractivity contribution in [3.8, 4) is 0 Å². The van der Waals surface area contributed by atoms with Gasteiger partial charge in [-0.15, -0.1) is 0 Å². The molecule has 2 atom stereocenters. The van der Waals surface area contributed by atoms with Crippen molar-refractivity contribution in [3.05, 3.63) is 54.4 Å². The van der Waals surface area contributed by atoms with Gasteiger partial charge in [-0.2, -0.15) is 5.10 Å². The highest BCUT2D eigenvalue weighted by Crippen LogP contribution is 2.20. The van der Waals surface area contributed by atoms with E-state index in [-0.39, 0.29) is 18.1 Å². The van der Waals surface area contributed by atoms with E-state index in [0.29, 0.717) is 32.5 Å². The number of nitrogens with one attached hydrogen (secondary N) is 1. The van der Waals surface area contributed by atoms with Crippen molar-refractivity contribution < 1.29 is 9.90 Å². The number of aliphatic hydroxyl groups excluding tert-OH is 1. The molecule has 0 saturated carbocycles. The first kappa shape index (κ1) is 16.7. The Morgan fingerprint density at radius 1 is 1.29 bits per heavy atom. The first-order valence-electron chi connectivity index (χ1n) is 8.41. The number of benzene rings is 1. The van der Waals surface area contributed by atoms with Crippen molar-refractivity contribution in [1.29, 1.82) is 0 Å². The SMILES string of the molecule is O=C(CCn1cccn1)NCC1CC(O)CN1Cc1ccccc1. The number of rotatable bonds is 7. The molecular formula is C18H24N4O2. The van der Waals surface area contributed by atoms with Gasteiger partial charge >= 0.3 is 0 Å². The predicted octanol–water partition coefficient (Wildman–Crippen LogP) is 1.02. The summed E-state index contributed by atoms with van der Waals surface area (Å²) in [4.78, 5) is 14.3. The number of aliphatic hydroxyl groups is 1. The molecule has 1 fully saturated rings. The molecule has 2 unspecified atom stereocenters. The highest BCUT2D eigenvalue weighted by Gasteiger charge is 2.30. The van der Waals surface area contributed by atoms with Crippen LogP contribution in [0.1, 0.15) is 18.4 Å². The molecule has 6 nitrogen and oxygen atoms in total. The molecule has 6 heteroatoms. The summed E-state index contributed by atoms with van der Waals surface area (Å²) in [6, 6.07) is 12.2. The van der Waals surface area contributed by atoms with Gasteiger partial charge in [-0.05, 0) is 18.1 Å². The van der Waals surface area contributed by atoms with Gasteiger partial charge in [0.2, 0.25) is 5.91 Å². The lowest BCUT2D eigenvalue weighted by molar-refractivity contribution is -0.121. The second kappa shape index (κ2) is 8.08. The van der Waals surface area contributed by atoms with Crippen molar-refractivity contribution >= 4 is 5.91 Å². The molecule has 1 aliphatic heterocycles. The number of hydrogen-bond acceptors (Lipinski definition) is 4. The summed E-state index contributed by atoms with van der Waals surface area (Å²) in [7, 11) is 0. The average Bonchev–Trinajstić information content (AvgIpc) is 3.22. The lowest BCUT2D eigenvalue weighted by atomic mass is 10.1. The van der Waals surface area contributed by atoms with Crippen molar-refractivity contribution in [2.45, 2.75) is 38.1 Å². The van der Waals surface area contributed by atoms with Gasteiger partial charge in [0.15, 0.2) is 0 Å². The van der Waals surface area contributed by atoms with Crippen LogP contribution in [0.25, 0.3) is 0 Å². The topological polar surface area (TPSA) is 70.4 Å². The van der Waals surface area contributed by atoms with E-state index in [1.807, 2.05) is 30.5 Å². The molecule has 128 valence electrons. The molecule has 2 N–H and O–H groups in total. The first-order chi connectivity index (χ1) is 11.7. The van der Waals surface area contributed by atoms with Gasteiger partial charge in [0.25, 0.3) is 0 Å². The fraction of sp³-hybridized carbons (Fsp3) is 0.444. The number of carbonyl (C=O) groups is 1. The summed E-state index contributed by atoms with van der Waals surface area (Å²) in [5.74, 6) is 0.0200. The van der Waals surface area contributed by atoms with Crippen LogP contribution in [0.4, 0.5) is 0 Å². The zero-order chi connectivity index (χ0) is 16.8. The van der Waals surface area contributed by atoms with E-state index in [4.69, 9.17) is 0 Å². The fourth-order valence-corrected chi connectivity index (χ4v) is 3.15. The van der Waals surface area contributed by atoms with Crippen LogP contribution >= 0.6 is 0 Å². The zero-order valence-corrected chi connectivity index (χ0v) is 13.7. The van der Waals surface area contributed by atoms with Gasteiger partial charge in [0, 0.05) is 51.0 Å². The fourth-order valence-electron chi connectivity index (χ4n) is 3.15.